The van der Waals surface area contributed by atoms with Gasteiger partial charge < -0.3 is 19.5 Å². The minimum absolute atomic E-state index is 0.0341. The molecule has 2 amide bonds. The van der Waals surface area contributed by atoms with Gasteiger partial charge in [0.15, 0.2) is 5.65 Å². The molecule has 3 heterocycles. The quantitative estimate of drug-likeness (QED) is 0.704. The molecule has 0 radical (unpaired) electrons. The second-order valence-corrected chi connectivity index (χ2v) is 8.16. The summed E-state index contributed by atoms with van der Waals surface area (Å²) < 4.78 is 7.43. The summed E-state index contributed by atoms with van der Waals surface area (Å²) in [6.45, 7) is 2.69. The van der Waals surface area contributed by atoms with Crippen molar-refractivity contribution < 1.29 is 9.53 Å². The van der Waals surface area contributed by atoms with Gasteiger partial charge in [-0.1, -0.05) is 6.07 Å². The number of likely N-dealkylation sites (tertiary alicyclic amines) is 1. The van der Waals surface area contributed by atoms with Crippen LogP contribution in [0.5, 0.6) is 0 Å². The molecule has 1 aromatic carbocycles. The predicted molar refractivity (Wildman–Crippen MR) is 116 cm³/mol. The Hall–Kier alpha value is -2.93. The van der Waals surface area contributed by atoms with Crippen molar-refractivity contribution in [2.24, 2.45) is 0 Å². The van der Waals surface area contributed by atoms with E-state index in [9.17, 15) is 4.79 Å². The van der Waals surface area contributed by atoms with E-state index in [1.807, 2.05) is 23.1 Å². The maximum Gasteiger partial charge on any atom is 0.321 e. The van der Waals surface area contributed by atoms with Crippen LogP contribution >= 0.6 is 0 Å². The number of fused-ring (bicyclic) bond motifs is 2. The van der Waals surface area contributed by atoms with Gasteiger partial charge in [0, 0.05) is 44.5 Å². The number of methoxy groups -OCH3 is 1. The van der Waals surface area contributed by atoms with E-state index in [4.69, 9.17) is 9.72 Å². The molecule has 7 nitrogen and oxygen atoms in total. The molecule has 1 fully saturated rings. The first-order valence-corrected chi connectivity index (χ1v) is 10.7. The number of urea groups is 1. The molecule has 1 atom stereocenters. The lowest BCUT2D eigenvalue weighted by Gasteiger charge is -2.18. The van der Waals surface area contributed by atoms with Crippen molar-refractivity contribution in [3.05, 3.63) is 53.5 Å². The number of pyridine rings is 1. The van der Waals surface area contributed by atoms with E-state index in [-0.39, 0.29) is 11.9 Å². The Morgan fingerprint density at radius 2 is 2.17 bits per heavy atom. The first kappa shape index (κ1) is 19.1. The summed E-state index contributed by atoms with van der Waals surface area (Å²) in [5.41, 5.74) is 5.44. The number of nitrogens with one attached hydrogen (secondary N) is 1. The Labute approximate surface area is 176 Å². The van der Waals surface area contributed by atoms with E-state index < -0.39 is 0 Å². The number of aryl methyl sites for hydroxylation is 2. The van der Waals surface area contributed by atoms with Crippen LogP contribution in [-0.2, 0) is 24.1 Å². The molecule has 0 bridgehead atoms. The fourth-order valence-corrected chi connectivity index (χ4v) is 4.70. The number of carbonyl (C=O) groups excluding carboxylic acids is 1. The smallest absolute Gasteiger partial charge is 0.321 e. The molecule has 1 aliphatic heterocycles. The van der Waals surface area contributed by atoms with Gasteiger partial charge in [0.25, 0.3) is 0 Å². The zero-order chi connectivity index (χ0) is 20.5. The van der Waals surface area contributed by atoms with Crippen molar-refractivity contribution in [1.82, 2.24) is 19.4 Å². The summed E-state index contributed by atoms with van der Waals surface area (Å²) in [6.07, 6.45) is 6.16. The number of ether oxygens (including phenoxy) is 1. The number of rotatable bonds is 5. The minimum Gasteiger partial charge on any atom is -0.383 e. The standard InChI is InChI=1S/C23H27N5O2/c1-30-13-12-28-21(26-20-6-3-10-24-22(20)28)18-9-11-27(15-18)23(29)25-19-8-7-16-4-2-5-17(16)14-19/h3,6-8,10,14,18H,2,4-5,9,11-13,15H2,1H3,(H,25,29)/t18-/m1/s1. The summed E-state index contributed by atoms with van der Waals surface area (Å²) in [5.74, 6) is 1.19. The number of anilines is 1. The number of benzene rings is 1. The summed E-state index contributed by atoms with van der Waals surface area (Å²) in [5, 5.41) is 3.09. The van der Waals surface area contributed by atoms with Gasteiger partial charge in [-0.25, -0.2) is 14.8 Å². The molecule has 1 aliphatic carbocycles. The lowest BCUT2D eigenvalue weighted by molar-refractivity contribution is 0.186. The number of hydrogen-bond donors (Lipinski definition) is 1. The molecule has 5 rings (SSSR count). The maximum absolute atomic E-state index is 12.9. The third-order valence-corrected chi connectivity index (χ3v) is 6.24. The van der Waals surface area contributed by atoms with Gasteiger partial charge in [0.05, 0.1) is 6.61 Å². The molecular formula is C23H27N5O2. The monoisotopic (exact) mass is 405 g/mol. The zero-order valence-corrected chi connectivity index (χ0v) is 17.3. The van der Waals surface area contributed by atoms with E-state index in [1.165, 1.54) is 17.5 Å². The highest BCUT2D eigenvalue weighted by Gasteiger charge is 2.31. The average molecular weight is 406 g/mol. The molecule has 1 N–H and O–H groups in total. The van der Waals surface area contributed by atoms with Crippen LogP contribution in [0, 0.1) is 0 Å². The zero-order valence-electron chi connectivity index (χ0n) is 17.3. The summed E-state index contributed by atoms with van der Waals surface area (Å²) in [6, 6.07) is 10.2. The first-order valence-electron chi connectivity index (χ1n) is 10.7. The number of nitrogens with zero attached hydrogens (tertiary/aromatic N) is 4. The number of aromatic nitrogens is 3. The molecule has 30 heavy (non-hydrogen) atoms. The molecule has 2 aromatic heterocycles. The van der Waals surface area contributed by atoms with Crippen LogP contribution < -0.4 is 5.32 Å². The van der Waals surface area contributed by atoms with Crippen LogP contribution in [0.2, 0.25) is 0 Å². The molecule has 0 saturated carbocycles. The van der Waals surface area contributed by atoms with Crippen LogP contribution in [0.4, 0.5) is 10.5 Å². The number of imidazole rings is 1. The molecule has 3 aromatic rings. The summed E-state index contributed by atoms with van der Waals surface area (Å²) >= 11 is 0. The maximum atomic E-state index is 12.9. The third-order valence-electron chi connectivity index (χ3n) is 6.24. The predicted octanol–water partition coefficient (Wildman–Crippen LogP) is 3.59. The average Bonchev–Trinajstić information content (AvgIpc) is 3.49. The molecule has 156 valence electrons. The summed E-state index contributed by atoms with van der Waals surface area (Å²) in [4.78, 5) is 24.1. The largest absolute Gasteiger partial charge is 0.383 e. The van der Waals surface area contributed by atoms with Crippen LogP contribution in [0.15, 0.2) is 36.5 Å². The highest BCUT2D eigenvalue weighted by atomic mass is 16.5. The van der Waals surface area contributed by atoms with Gasteiger partial charge in [0.2, 0.25) is 0 Å². The Morgan fingerprint density at radius 3 is 3.07 bits per heavy atom. The van der Waals surface area contributed by atoms with E-state index in [1.54, 1.807) is 13.3 Å². The van der Waals surface area contributed by atoms with Crippen LogP contribution in [-0.4, -0.2) is 52.3 Å². The van der Waals surface area contributed by atoms with Crippen LogP contribution in [0.3, 0.4) is 0 Å². The number of hydrogen-bond acceptors (Lipinski definition) is 4. The fraction of sp³-hybridized carbons (Fsp3) is 0.435. The van der Waals surface area contributed by atoms with Crippen LogP contribution in [0.25, 0.3) is 11.2 Å². The van der Waals surface area contributed by atoms with Crippen molar-refractivity contribution in [2.75, 3.05) is 32.1 Å². The molecule has 0 unspecified atom stereocenters. The fourth-order valence-electron chi connectivity index (χ4n) is 4.70. The van der Waals surface area contributed by atoms with E-state index >= 15 is 0 Å². The molecule has 1 saturated heterocycles. The van der Waals surface area contributed by atoms with Crippen molar-refractivity contribution in [1.29, 1.82) is 0 Å². The highest BCUT2D eigenvalue weighted by molar-refractivity contribution is 5.89. The second-order valence-electron chi connectivity index (χ2n) is 8.16. The Balaban J connectivity index is 1.31. The van der Waals surface area contributed by atoms with Gasteiger partial charge in [-0.15, -0.1) is 0 Å². The van der Waals surface area contributed by atoms with E-state index in [0.717, 1.165) is 48.5 Å². The molecule has 7 heteroatoms. The third kappa shape index (κ3) is 3.54. The van der Waals surface area contributed by atoms with Crippen molar-refractivity contribution in [3.63, 3.8) is 0 Å². The second kappa shape index (κ2) is 8.07. The van der Waals surface area contributed by atoms with Gasteiger partial charge in [-0.05, 0) is 61.1 Å². The lowest BCUT2D eigenvalue weighted by Crippen LogP contribution is -2.33. The molecular weight excluding hydrogens is 378 g/mol. The van der Waals surface area contributed by atoms with Gasteiger partial charge in [-0.3, -0.25) is 0 Å². The normalized spacial score (nSPS) is 18.2. The van der Waals surface area contributed by atoms with E-state index in [0.29, 0.717) is 19.7 Å². The van der Waals surface area contributed by atoms with Crippen molar-refractivity contribution >= 4 is 22.9 Å². The Morgan fingerprint density at radius 1 is 1.27 bits per heavy atom. The SMILES string of the molecule is COCCn1c([C@@H]2CCN(C(=O)Nc3ccc4c(c3)CCC4)C2)nc2cccnc21. The Kier molecular flexibility index (Phi) is 5.12. The molecule has 2 aliphatic rings. The van der Waals surface area contributed by atoms with Crippen LogP contribution in [0.1, 0.15) is 35.7 Å². The van der Waals surface area contributed by atoms with E-state index in [2.05, 4.69) is 27.0 Å². The summed E-state index contributed by atoms with van der Waals surface area (Å²) in [7, 11) is 1.70. The number of carbonyl (C=O) groups is 1. The molecule has 0 spiro atoms. The van der Waals surface area contributed by atoms with Gasteiger partial charge in [0.1, 0.15) is 11.3 Å². The van der Waals surface area contributed by atoms with Gasteiger partial charge in [-0.2, -0.15) is 0 Å². The van der Waals surface area contributed by atoms with Crippen molar-refractivity contribution in [2.45, 2.75) is 38.1 Å². The topological polar surface area (TPSA) is 72.3 Å². The lowest BCUT2D eigenvalue weighted by atomic mass is 10.1. The number of amides is 2. The minimum atomic E-state index is -0.0341. The highest BCUT2D eigenvalue weighted by Crippen LogP contribution is 2.30. The van der Waals surface area contributed by atoms with Gasteiger partial charge >= 0.3 is 6.03 Å². The first-order chi connectivity index (χ1) is 14.7. The van der Waals surface area contributed by atoms with Crippen molar-refractivity contribution in [3.8, 4) is 0 Å². The Bertz CT molecular complexity index is 1080.